The summed E-state index contributed by atoms with van der Waals surface area (Å²) in [5.74, 6) is 0.785. The first-order chi connectivity index (χ1) is 9.32. The number of hydrogen-bond acceptors (Lipinski definition) is 2. The van der Waals surface area contributed by atoms with E-state index in [2.05, 4.69) is 10.3 Å². The molecule has 0 saturated carbocycles. The second-order valence-electron chi connectivity index (χ2n) is 4.95. The van der Waals surface area contributed by atoms with Crippen molar-refractivity contribution in [3.63, 3.8) is 0 Å². The maximum Gasteiger partial charge on any atom is 0.416 e. The van der Waals surface area contributed by atoms with E-state index < -0.39 is 11.7 Å². The van der Waals surface area contributed by atoms with E-state index in [4.69, 9.17) is 0 Å². The topological polar surface area (TPSA) is 29.9 Å². The first kappa shape index (κ1) is 14.8. The van der Waals surface area contributed by atoms with Gasteiger partial charge in [0.25, 0.3) is 0 Å². The molecule has 0 radical (unpaired) electrons. The maximum absolute atomic E-state index is 12.7. The minimum absolute atomic E-state index is 0.234. The SMILES string of the molecule is CCNC(C)Cc1nc2cc(C(F)(F)F)ccc2n1C. The van der Waals surface area contributed by atoms with Gasteiger partial charge in [-0.1, -0.05) is 6.92 Å². The third kappa shape index (κ3) is 2.95. The molecule has 1 heterocycles. The van der Waals surface area contributed by atoms with Crippen LogP contribution >= 0.6 is 0 Å². The predicted octanol–water partition coefficient (Wildman–Crippen LogP) is 3.13. The Hall–Kier alpha value is -1.56. The molecule has 0 aliphatic rings. The fraction of sp³-hybridized carbons (Fsp3) is 0.500. The van der Waals surface area contributed by atoms with Crippen LogP contribution in [0.25, 0.3) is 11.0 Å². The van der Waals surface area contributed by atoms with Crippen LogP contribution in [-0.2, 0) is 19.6 Å². The van der Waals surface area contributed by atoms with Crippen molar-refractivity contribution in [1.29, 1.82) is 0 Å². The molecule has 1 atom stereocenters. The number of nitrogens with one attached hydrogen (secondary N) is 1. The number of imidazole rings is 1. The predicted molar refractivity (Wildman–Crippen MR) is 72.6 cm³/mol. The average Bonchev–Trinajstić information content (AvgIpc) is 2.65. The van der Waals surface area contributed by atoms with Crippen molar-refractivity contribution in [3.8, 4) is 0 Å². The zero-order valence-electron chi connectivity index (χ0n) is 11.8. The highest BCUT2D eigenvalue weighted by atomic mass is 19.4. The molecule has 6 heteroatoms. The molecule has 1 N–H and O–H groups in total. The number of likely N-dealkylation sites (N-methyl/N-ethyl adjacent to an activating group) is 1. The van der Waals surface area contributed by atoms with Crippen molar-refractivity contribution < 1.29 is 13.2 Å². The normalized spacial score (nSPS) is 13.9. The number of fused-ring (bicyclic) bond motifs is 1. The minimum Gasteiger partial charge on any atom is -0.331 e. The Morgan fingerprint density at radius 2 is 2.05 bits per heavy atom. The van der Waals surface area contributed by atoms with Gasteiger partial charge in [-0.25, -0.2) is 4.98 Å². The van der Waals surface area contributed by atoms with Gasteiger partial charge in [0.1, 0.15) is 5.82 Å². The summed E-state index contributed by atoms with van der Waals surface area (Å²) in [6.45, 7) is 4.90. The number of nitrogens with zero attached hydrogens (tertiary/aromatic N) is 2. The molecule has 0 bridgehead atoms. The van der Waals surface area contributed by atoms with E-state index >= 15 is 0 Å². The Bertz CT molecular complexity index is 601. The van der Waals surface area contributed by atoms with Gasteiger partial charge in [0.05, 0.1) is 16.6 Å². The summed E-state index contributed by atoms with van der Waals surface area (Å²) < 4.78 is 39.9. The molecule has 0 aliphatic heterocycles. The molecule has 1 aromatic heterocycles. The zero-order valence-corrected chi connectivity index (χ0v) is 11.8. The summed E-state index contributed by atoms with van der Waals surface area (Å²) in [4.78, 5) is 4.33. The quantitative estimate of drug-likeness (QED) is 0.935. The monoisotopic (exact) mass is 285 g/mol. The highest BCUT2D eigenvalue weighted by molar-refractivity contribution is 5.77. The Balaban J connectivity index is 2.37. The third-order valence-corrected chi connectivity index (χ3v) is 3.34. The number of benzene rings is 1. The lowest BCUT2D eigenvalue weighted by molar-refractivity contribution is -0.137. The number of hydrogen-bond donors (Lipinski definition) is 1. The van der Waals surface area contributed by atoms with Gasteiger partial charge in [-0.2, -0.15) is 13.2 Å². The Labute approximate surface area is 115 Å². The summed E-state index contributed by atoms with van der Waals surface area (Å²) >= 11 is 0. The highest BCUT2D eigenvalue weighted by Gasteiger charge is 2.31. The molecule has 3 nitrogen and oxygen atoms in total. The van der Waals surface area contributed by atoms with Crippen LogP contribution in [0.2, 0.25) is 0 Å². The lowest BCUT2D eigenvalue weighted by Crippen LogP contribution is -2.28. The fourth-order valence-electron chi connectivity index (χ4n) is 2.30. The molecular weight excluding hydrogens is 267 g/mol. The van der Waals surface area contributed by atoms with Crippen LogP contribution in [0.3, 0.4) is 0 Å². The second kappa shape index (κ2) is 5.44. The molecule has 0 fully saturated rings. The Morgan fingerprint density at radius 1 is 1.35 bits per heavy atom. The molecule has 110 valence electrons. The van der Waals surface area contributed by atoms with Gasteiger partial charge in [-0.05, 0) is 31.7 Å². The van der Waals surface area contributed by atoms with Crippen molar-refractivity contribution in [1.82, 2.24) is 14.9 Å². The van der Waals surface area contributed by atoms with Gasteiger partial charge in [0, 0.05) is 19.5 Å². The molecule has 1 unspecified atom stereocenters. The van der Waals surface area contributed by atoms with E-state index in [9.17, 15) is 13.2 Å². The highest BCUT2D eigenvalue weighted by Crippen LogP contribution is 2.31. The van der Waals surface area contributed by atoms with E-state index in [0.29, 0.717) is 11.9 Å². The summed E-state index contributed by atoms with van der Waals surface area (Å²) in [6, 6.07) is 3.92. The number of aromatic nitrogens is 2. The molecule has 1 aromatic carbocycles. The summed E-state index contributed by atoms with van der Waals surface area (Å²) in [6.07, 6.45) is -3.65. The first-order valence-electron chi connectivity index (χ1n) is 6.59. The van der Waals surface area contributed by atoms with Crippen molar-refractivity contribution >= 4 is 11.0 Å². The third-order valence-electron chi connectivity index (χ3n) is 3.34. The van der Waals surface area contributed by atoms with Crippen molar-refractivity contribution in [2.45, 2.75) is 32.5 Å². The fourth-order valence-corrected chi connectivity index (χ4v) is 2.30. The lowest BCUT2D eigenvalue weighted by Gasteiger charge is -2.11. The van der Waals surface area contributed by atoms with Crippen LogP contribution in [0.15, 0.2) is 18.2 Å². The molecule has 2 rings (SSSR count). The minimum atomic E-state index is -4.33. The van der Waals surface area contributed by atoms with Crippen molar-refractivity contribution in [3.05, 3.63) is 29.6 Å². The van der Waals surface area contributed by atoms with E-state index in [1.54, 1.807) is 0 Å². The Morgan fingerprint density at radius 3 is 2.65 bits per heavy atom. The number of alkyl halides is 3. The van der Waals surface area contributed by atoms with Crippen molar-refractivity contribution in [2.75, 3.05) is 6.54 Å². The molecule has 0 spiro atoms. The van der Waals surface area contributed by atoms with Gasteiger partial charge in [0.15, 0.2) is 0 Å². The first-order valence-corrected chi connectivity index (χ1v) is 6.59. The van der Waals surface area contributed by atoms with Gasteiger partial charge >= 0.3 is 6.18 Å². The molecule has 20 heavy (non-hydrogen) atoms. The molecular formula is C14H18F3N3. The van der Waals surface area contributed by atoms with Crippen LogP contribution in [0.5, 0.6) is 0 Å². The van der Waals surface area contributed by atoms with E-state index in [1.165, 1.54) is 6.07 Å². The summed E-state index contributed by atoms with van der Waals surface area (Å²) in [5.41, 5.74) is 0.451. The lowest BCUT2D eigenvalue weighted by atomic mass is 10.2. The molecule has 2 aromatic rings. The van der Waals surface area contributed by atoms with Gasteiger partial charge in [0.2, 0.25) is 0 Å². The van der Waals surface area contributed by atoms with E-state index in [-0.39, 0.29) is 6.04 Å². The number of rotatable bonds is 4. The van der Waals surface area contributed by atoms with Crippen LogP contribution in [0, 0.1) is 0 Å². The zero-order chi connectivity index (χ0) is 14.9. The van der Waals surface area contributed by atoms with Gasteiger partial charge < -0.3 is 9.88 Å². The number of aryl methyl sites for hydroxylation is 1. The summed E-state index contributed by atoms with van der Waals surface area (Å²) in [5, 5.41) is 3.27. The second-order valence-corrected chi connectivity index (χ2v) is 4.95. The molecule has 0 saturated heterocycles. The van der Waals surface area contributed by atoms with Gasteiger partial charge in [-0.3, -0.25) is 0 Å². The smallest absolute Gasteiger partial charge is 0.331 e. The van der Waals surface area contributed by atoms with Gasteiger partial charge in [-0.15, -0.1) is 0 Å². The maximum atomic E-state index is 12.7. The van der Waals surface area contributed by atoms with Crippen molar-refractivity contribution in [2.24, 2.45) is 7.05 Å². The van der Waals surface area contributed by atoms with Crippen LogP contribution in [-0.4, -0.2) is 22.1 Å². The largest absolute Gasteiger partial charge is 0.416 e. The molecule has 0 aliphatic carbocycles. The van der Waals surface area contributed by atoms with E-state index in [0.717, 1.165) is 30.0 Å². The Kier molecular flexibility index (Phi) is 4.04. The number of halogens is 3. The van der Waals surface area contributed by atoms with Crippen LogP contribution in [0.1, 0.15) is 25.2 Å². The van der Waals surface area contributed by atoms with Crippen LogP contribution in [0.4, 0.5) is 13.2 Å². The van der Waals surface area contributed by atoms with Crippen LogP contribution < -0.4 is 5.32 Å². The molecule has 0 amide bonds. The average molecular weight is 285 g/mol. The summed E-state index contributed by atoms with van der Waals surface area (Å²) in [7, 11) is 1.83. The van der Waals surface area contributed by atoms with E-state index in [1.807, 2.05) is 25.5 Å². The standard InChI is InChI=1S/C14H18F3N3/c1-4-18-9(2)7-13-19-11-8-10(14(15,16)17)5-6-12(11)20(13)3/h5-6,8-9,18H,4,7H2,1-3H3.